The first-order valence-electron chi connectivity index (χ1n) is 10.5. The van der Waals surface area contributed by atoms with Crippen LogP contribution < -0.4 is 5.32 Å². The number of hydrogen-bond donors (Lipinski definition) is 1. The van der Waals surface area contributed by atoms with Crippen molar-refractivity contribution in [3.05, 3.63) is 35.9 Å². The third-order valence-electron chi connectivity index (χ3n) is 5.52. The SMILES string of the molecule is CCNC(=NCC(c1ccccc1)N(CC)CC)N1CCC(C(=O)OC)CC1. The molecule has 1 fully saturated rings. The first kappa shape index (κ1) is 22.2. The van der Waals surface area contributed by atoms with Crippen LogP contribution in [0.15, 0.2) is 35.3 Å². The van der Waals surface area contributed by atoms with E-state index in [2.05, 4.69) is 66.2 Å². The quantitative estimate of drug-likeness (QED) is 0.422. The molecule has 0 amide bonds. The summed E-state index contributed by atoms with van der Waals surface area (Å²) in [5, 5.41) is 3.43. The maximum absolute atomic E-state index is 11.8. The monoisotopic (exact) mass is 388 g/mol. The van der Waals surface area contributed by atoms with Crippen LogP contribution in [-0.2, 0) is 9.53 Å². The van der Waals surface area contributed by atoms with E-state index < -0.39 is 0 Å². The number of carbonyl (C=O) groups is 1. The van der Waals surface area contributed by atoms with E-state index in [9.17, 15) is 4.79 Å². The van der Waals surface area contributed by atoms with Gasteiger partial charge >= 0.3 is 5.97 Å². The van der Waals surface area contributed by atoms with Crippen molar-refractivity contribution in [3.8, 4) is 0 Å². The van der Waals surface area contributed by atoms with Crippen LogP contribution in [0, 0.1) is 5.92 Å². The summed E-state index contributed by atoms with van der Waals surface area (Å²) >= 11 is 0. The second-order valence-corrected chi connectivity index (χ2v) is 7.13. The van der Waals surface area contributed by atoms with Gasteiger partial charge in [0.25, 0.3) is 0 Å². The molecule has 0 aliphatic carbocycles. The summed E-state index contributed by atoms with van der Waals surface area (Å²) in [6.07, 6.45) is 1.63. The van der Waals surface area contributed by atoms with Crippen molar-refractivity contribution in [2.45, 2.75) is 39.7 Å². The zero-order chi connectivity index (χ0) is 20.4. The Labute approximate surface area is 170 Å². The average Bonchev–Trinajstić information content (AvgIpc) is 2.76. The Bertz CT molecular complexity index is 608. The molecular formula is C22H36N4O2. The van der Waals surface area contributed by atoms with Gasteiger partial charge in [0.1, 0.15) is 0 Å². The Hall–Kier alpha value is -2.08. The van der Waals surface area contributed by atoms with Crippen LogP contribution in [0.1, 0.15) is 45.2 Å². The smallest absolute Gasteiger partial charge is 0.308 e. The van der Waals surface area contributed by atoms with Crippen LogP contribution in [0.25, 0.3) is 0 Å². The summed E-state index contributed by atoms with van der Waals surface area (Å²) in [4.78, 5) is 21.5. The number of piperidine rings is 1. The van der Waals surface area contributed by atoms with E-state index in [0.29, 0.717) is 6.54 Å². The molecule has 0 saturated carbocycles. The van der Waals surface area contributed by atoms with E-state index in [0.717, 1.165) is 51.5 Å². The van der Waals surface area contributed by atoms with Gasteiger partial charge in [-0.3, -0.25) is 14.7 Å². The minimum atomic E-state index is -0.0905. The largest absolute Gasteiger partial charge is 0.469 e. The molecule has 1 unspecified atom stereocenters. The fourth-order valence-electron chi connectivity index (χ4n) is 3.86. The Kier molecular flexibility index (Phi) is 9.28. The van der Waals surface area contributed by atoms with Gasteiger partial charge in [-0.25, -0.2) is 0 Å². The number of likely N-dealkylation sites (tertiary alicyclic amines) is 1. The molecule has 1 N–H and O–H groups in total. The van der Waals surface area contributed by atoms with Crippen LogP contribution in [0.2, 0.25) is 0 Å². The van der Waals surface area contributed by atoms with E-state index in [1.165, 1.54) is 12.7 Å². The summed E-state index contributed by atoms with van der Waals surface area (Å²) < 4.78 is 4.90. The van der Waals surface area contributed by atoms with Crippen molar-refractivity contribution in [1.29, 1.82) is 0 Å². The van der Waals surface area contributed by atoms with Crippen LogP contribution in [0.4, 0.5) is 0 Å². The predicted molar refractivity (Wildman–Crippen MR) is 114 cm³/mol. The zero-order valence-electron chi connectivity index (χ0n) is 17.9. The number of ether oxygens (including phenoxy) is 1. The molecule has 1 aromatic rings. The first-order valence-corrected chi connectivity index (χ1v) is 10.5. The Morgan fingerprint density at radius 2 is 1.86 bits per heavy atom. The van der Waals surface area contributed by atoms with E-state index in [1.54, 1.807) is 0 Å². The maximum atomic E-state index is 11.8. The molecule has 6 nitrogen and oxygen atoms in total. The highest BCUT2D eigenvalue weighted by Crippen LogP contribution is 2.22. The van der Waals surface area contributed by atoms with Crippen LogP contribution in [0.5, 0.6) is 0 Å². The lowest BCUT2D eigenvalue weighted by atomic mass is 9.97. The third-order valence-corrected chi connectivity index (χ3v) is 5.52. The number of esters is 1. The van der Waals surface area contributed by atoms with Crippen molar-refractivity contribution in [2.75, 3.05) is 46.4 Å². The number of guanidine groups is 1. The van der Waals surface area contributed by atoms with Gasteiger partial charge in [0.05, 0.1) is 25.6 Å². The minimum absolute atomic E-state index is 0.0110. The van der Waals surface area contributed by atoms with Gasteiger partial charge in [0.2, 0.25) is 0 Å². The molecular weight excluding hydrogens is 352 g/mol. The average molecular weight is 389 g/mol. The Morgan fingerprint density at radius 1 is 1.21 bits per heavy atom. The van der Waals surface area contributed by atoms with Gasteiger partial charge in [0, 0.05) is 19.6 Å². The van der Waals surface area contributed by atoms with E-state index in [1.807, 2.05) is 0 Å². The lowest BCUT2D eigenvalue weighted by Crippen LogP contribution is -2.47. The van der Waals surface area contributed by atoms with E-state index >= 15 is 0 Å². The van der Waals surface area contributed by atoms with Crippen LogP contribution in [-0.4, -0.2) is 68.1 Å². The molecule has 0 aromatic heterocycles. The zero-order valence-corrected chi connectivity index (χ0v) is 17.9. The molecule has 1 aromatic carbocycles. The summed E-state index contributed by atoms with van der Waals surface area (Å²) in [5.74, 6) is 0.864. The van der Waals surface area contributed by atoms with Crippen molar-refractivity contribution < 1.29 is 9.53 Å². The molecule has 1 saturated heterocycles. The van der Waals surface area contributed by atoms with Crippen LogP contribution in [0.3, 0.4) is 0 Å². The second kappa shape index (κ2) is 11.7. The number of aliphatic imine (C=N–C) groups is 1. The second-order valence-electron chi connectivity index (χ2n) is 7.13. The number of nitrogens with one attached hydrogen (secondary N) is 1. The van der Waals surface area contributed by atoms with Gasteiger partial charge in [-0.15, -0.1) is 0 Å². The lowest BCUT2D eigenvalue weighted by molar-refractivity contribution is -0.146. The lowest BCUT2D eigenvalue weighted by Gasteiger charge is -2.34. The molecule has 0 spiro atoms. The topological polar surface area (TPSA) is 57.2 Å². The van der Waals surface area contributed by atoms with E-state index in [4.69, 9.17) is 9.73 Å². The van der Waals surface area contributed by atoms with Gasteiger partial charge in [-0.05, 0) is 38.4 Å². The van der Waals surface area contributed by atoms with Gasteiger partial charge < -0.3 is 15.0 Å². The highest BCUT2D eigenvalue weighted by Gasteiger charge is 2.27. The molecule has 6 heteroatoms. The molecule has 0 bridgehead atoms. The number of rotatable bonds is 8. The number of nitrogens with zero attached hydrogens (tertiary/aromatic N) is 3. The van der Waals surface area contributed by atoms with Crippen LogP contribution >= 0.6 is 0 Å². The standard InChI is InChI=1S/C22H36N4O2/c1-5-23-22(26-15-13-19(14-16-26)21(27)28-4)24-17-20(25(6-2)7-3)18-11-9-8-10-12-18/h8-12,19-20H,5-7,13-17H2,1-4H3,(H,23,24). The first-order chi connectivity index (χ1) is 13.6. The number of likely N-dealkylation sites (N-methyl/N-ethyl adjacent to an activating group) is 1. The maximum Gasteiger partial charge on any atom is 0.308 e. The molecule has 1 atom stereocenters. The molecule has 1 heterocycles. The van der Waals surface area contributed by atoms with E-state index in [-0.39, 0.29) is 17.9 Å². The highest BCUT2D eigenvalue weighted by molar-refractivity contribution is 5.80. The molecule has 28 heavy (non-hydrogen) atoms. The van der Waals surface area contributed by atoms with Crippen molar-refractivity contribution in [3.63, 3.8) is 0 Å². The van der Waals surface area contributed by atoms with Gasteiger partial charge in [0.15, 0.2) is 5.96 Å². The molecule has 156 valence electrons. The Balaban J connectivity index is 2.12. The summed E-state index contributed by atoms with van der Waals surface area (Å²) in [6.45, 7) is 11.7. The summed E-state index contributed by atoms with van der Waals surface area (Å²) in [5.41, 5.74) is 1.30. The van der Waals surface area contributed by atoms with Crippen molar-refractivity contribution in [2.24, 2.45) is 10.9 Å². The molecule has 0 radical (unpaired) electrons. The minimum Gasteiger partial charge on any atom is -0.469 e. The van der Waals surface area contributed by atoms with Gasteiger partial charge in [-0.1, -0.05) is 44.2 Å². The molecule has 1 aliphatic heterocycles. The summed E-state index contributed by atoms with van der Waals surface area (Å²) in [6, 6.07) is 10.9. The number of benzene rings is 1. The number of carbonyl (C=O) groups excluding carboxylic acids is 1. The van der Waals surface area contributed by atoms with Crippen molar-refractivity contribution >= 4 is 11.9 Å². The summed E-state index contributed by atoms with van der Waals surface area (Å²) in [7, 11) is 1.47. The van der Waals surface area contributed by atoms with Crippen molar-refractivity contribution in [1.82, 2.24) is 15.1 Å². The predicted octanol–water partition coefficient (Wildman–Crippen LogP) is 2.92. The fourth-order valence-corrected chi connectivity index (χ4v) is 3.86. The number of methoxy groups -OCH3 is 1. The molecule has 2 rings (SSSR count). The van der Waals surface area contributed by atoms with Gasteiger partial charge in [-0.2, -0.15) is 0 Å². The third kappa shape index (κ3) is 5.96. The Morgan fingerprint density at radius 3 is 2.39 bits per heavy atom. The fraction of sp³-hybridized carbons (Fsp3) is 0.636. The highest BCUT2D eigenvalue weighted by atomic mass is 16.5. The number of hydrogen-bond acceptors (Lipinski definition) is 4. The normalized spacial score (nSPS) is 16.9. The molecule has 1 aliphatic rings.